The molecule has 1 aromatic carbocycles. The first-order valence-corrected chi connectivity index (χ1v) is 14.3. The summed E-state index contributed by atoms with van der Waals surface area (Å²) in [6.45, 7) is 3.72. The molecule has 3 unspecified atom stereocenters. The molecule has 2 heterocycles. The van der Waals surface area contributed by atoms with E-state index in [2.05, 4.69) is 6.92 Å². The minimum absolute atomic E-state index is 0.0125. The highest BCUT2D eigenvalue weighted by atomic mass is 16.8. The molecular formula is C30H44O8. The van der Waals surface area contributed by atoms with Crippen LogP contribution >= 0.6 is 0 Å². The average molecular weight is 533 g/mol. The number of carbonyl (C=O) groups is 2. The van der Waals surface area contributed by atoms with Crippen LogP contribution in [0.15, 0.2) is 29.7 Å². The fraction of sp³-hybridized carbons (Fsp3) is 0.667. The third-order valence-corrected chi connectivity index (χ3v) is 7.35. The number of cyclic esters (lactones) is 1. The number of rotatable bonds is 18. The largest absolute Gasteiger partial charge is 0.504 e. The lowest BCUT2D eigenvalue weighted by Gasteiger charge is -2.29. The molecule has 8 heteroatoms. The lowest BCUT2D eigenvalue weighted by molar-refractivity contribution is -0.188. The van der Waals surface area contributed by atoms with Crippen LogP contribution in [0.25, 0.3) is 0 Å². The van der Waals surface area contributed by atoms with Gasteiger partial charge in [-0.15, -0.1) is 0 Å². The molecule has 2 aliphatic heterocycles. The van der Waals surface area contributed by atoms with E-state index in [4.69, 9.17) is 14.2 Å². The van der Waals surface area contributed by atoms with Gasteiger partial charge in [-0.2, -0.15) is 0 Å². The predicted octanol–water partition coefficient (Wildman–Crippen LogP) is 6.26. The third kappa shape index (κ3) is 7.88. The van der Waals surface area contributed by atoms with E-state index in [1.54, 1.807) is 0 Å². The van der Waals surface area contributed by atoms with Gasteiger partial charge >= 0.3 is 5.97 Å². The number of aliphatic hydroxyl groups is 1. The second kappa shape index (κ2) is 14.4. The highest BCUT2D eigenvalue weighted by molar-refractivity contribution is 5.90. The van der Waals surface area contributed by atoms with Gasteiger partial charge in [-0.1, -0.05) is 90.0 Å². The second-order valence-electron chi connectivity index (χ2n) is 10.6. The zero-order chi connectivity index (χ0) is 27.5. The van der Waals surface area contributed by atoms with Gasteiger partial charge in [0.25, 0.3) is 11.5 Å². The van der Waals surface area contributed by atoms with Crippen molar-refractivity contribution in [3.05, 3.63) is 35.3 Å². The topological polar surface area (TPSA) is 123 Å². The maximum absolute atomic E-state index is 12.5. The number of aromatic hydroxyl groups is 2. The molecule has 1 aromatic rings. The number of hydrogen-bond acceptors (Lipinski definition) is 8. The van der Waals surface area contributed by atoms with Crippen molar-refractivity contribution in [2.45, 2.75) is 128 Å². The number of benzene rings is 1. The third-order valence-electron chi connectivity index (χ3n) is 7.35. The highest BCUT2D eigenvalue weighted by Crippen LogP contribution is 2.48. The van der Waals surface area contributed by atoms with Crippen molar-refractivity contribution >= 4 is 11.8 Å². The first kappa shape index (κ1) is 29.8. The Morgan fingerprint density at radius 2 is 1.50 bits per heavy atom. The first-order valence-electron chi connectivity index (χ1n) is 14.3. The van der Waals surface area contributed by atoms with Gasteiger partial charge in [0.05, 0.1) is 5.56 Å². The standard InChI is InChI=1S/C30H44O8/c1-3-4-5-6-7-8-9-10-11-12-13-14-15-17-21(31)20-24(33)26-27-28(29(35)36-26)38-30(2,37-27)22-18-16-19-23(32)25(22)34/h16,18-19,24,26,32-34H,3-15,17,20H2,1-2H3. The highest BCUT2D eigenvalue weighted by Gasteiger charge is 2.54. The van der Waals surface area contributed by atoms with E-state index in [1.165, 1.54) is 89.3 Å². The van der Waals surface area contributed by atoms with Crippen molar-refractivity contribution in [2.75, 3.05) is 0 Å². The van der Waals surface area contributed by atoms with Crippen LogP contribution in [0.2, 0.25) is 0 Å². The molecule has 0 fully saturated rings. The molecular weight excluding hydrogens is 488 g/mol. The van der Waals surface area contributed by atoms with Crippen LogP contribution < -0.4 is 0 Å². The summed E-state index contributed by atoms with van der Waals surface area (Å²) in [5.74, 6) is -3.52. The summed E-state index contributed by atoms with van der Waals surface area (Å²) in [6.07, 6.45) is 13.7. The van der Waals surface area contributed by atoms with E-state index >= 15 is 0 Å². The number of phenolic OH excluding ortho intramolecular Hbond substituents is 2. The Bertz CT molecular complexity index is 971. The number of ether oxygens (including phenoxy) is 3. The number of phenols is 2. The number of para-hydroxylation sites is 1. The van der Waals surface area contributed by atoms with E-state index in [-0.39, 0.29) is 35.0 Å². The maximum Gasteiger partial charge on any atom is 0.378 e. The van der Waals surface area contributed by atoms with Crippen molar-refractivity contribution < 1.29 is 39.1 Å². The number of carbonyl (C=O) groups excluding carboxylic acids is 2. The molecule has 212 valence electrons. The molecule has 38 heavy (non-hydrogen) atoms. The lowest BCUT2D eigenvalue weighted by Crippen LogP contribution is -2.35. The molecule has 0 aromatic heterocycles. The monoisotopic (exact) mass is 532 g/mol. The quantitative estimate of drug-likeness (QED) is 0.115. The molecule has 3 N–H and O–H groups in total. The molecule has 2 aliphatic rings. The normalized spacial score (nSPS) is 21.1. The van der Waals surface area contributed by atoms with Crippen LogP contribution in [0.4, 0.5) is 0 Å². The average Bonchev–Trinajstić information content (AvgIpc) is 3.39. The molecule has 0 saturated carbocycles. The molecule has 8 nitrogen and oxygen atoms in total. The molecule has 3 atom stereocenters. The van der Waals surface area contributed by atoms with E-state index in [9.17, 15) is 24.9 Å². The van der Waals surface area contributed by atoms with Gasteiger partial charge in [-0.25, -0.2) is 4.79 Å². The molecule has 0 spiro atoms. The van der Waals surface area contributed by atoms with E-state index in [1.807, 2.05) is 0 Å². The summed E-state index contributed by atoms with van der Waals surface area (Å²) in [5.41, 5.74) is 0.117. The van der Waals surface area contributed by atoms with Crippen LogP contribution in [-0.2, 0) is 29.6 Å². The van der Waals surface area contributed by atoms with E-state index < -0.39 is 29.7 Å². The van der Waals surface area contributed by atoms with Gasteiger partial charge in [0, 0.05) is 19.8 Å². The van der Waals surface area contributed by atoms with Gasteiger partial charge in [-0.3, -0.25) is 4.79 Å². The van der Waals surface area contributed by atoms with Crippen LogP contribution in [0.3, 0.4) is 0 Å². The molecule has 3 rings (SSSR count). The zero-order valence-corrected chi connectivity index (χ0v) is 22.9. The van der Waals surface area contributed by atoms with Crippen molar-refractivity contribution in [3.8, 4) is 11.5 Å². The van der Waals surface area contributed by atoms with E-state index in [0.29, 0.717) is 6.42 Å². The first-order chi connectivity index (χ1) is 18.3. The Balaban J connectivity index is 1.33. The van der Waals surface area contributed by atoms with Gasteiger partial charge in [0.15, 0.2) is 23.4 Å². The summed E-state index contributed by atoms with van der Waals surface area (Å²) in [7, 11) is 0. The van der Waals surface area contributed by atoms with Crippen LogP contribution in [-0.4, -0.2) is 39.3 Å². The Morgan fingerprint density at radius 3 is 2.11 bits per heavy atom. The van der Waals surface area contributed by atoms with Crippen LogP contribution in [0.1, 0.15) is 116 Å². The van der Waals surface area contributed by atoms with Crippen molar-refractivity contribution in [2.24, 2.45) is 0 Å². The van der Waals surface area contributed by atoms with E-state index in [0.717, 1.165) is 19.3 Å². The number of ketones is 1. The Morgan fingerprint density at radius 1 is 0.921 bits per heavy atom. The summed E-state index contributed by atoms with van der Waals surface area (Å²) < 4.78 is 16.7. The molecule has 0 saturated heterocycles. The summed E-state index contributed by atoms with van der Waals surface area (Å²) in [4.78, 5) is 24.8. The number of unbranched alkanes of at least 4 members (excludes halogenated alkanes) is 12. The van der Waals surface area contributed by atoms with Crippen LogP contribution in [0, 0.1) is 0 Å². The Kier molecular flexibility index (Phi) is 11.3. The van der Waals surface area contributed by atoms with Gasteiger partial charge < -0.3 is 29.5 Å². The second-order valence-corrected chi connectivity index (χ2v) is 10.6. The smallest absolute Gasteiger partial charge is 0.378 e. The predicted molar refractivity (Wildman–Crippen MR) is 142 cm³/mol. The van der Waals surface area contributed by atoms with Crippen molar-refractivity contribution in [1.82, 2.24) is 0 Å². The van der Waals surface area contributed by atoms with Crippen LogP contribution in [0.5, 0.6) is 11.5 Å². The number of esters is 1. The maximum atomic E-state index is 12.5. The SMILES string of the molecule is CCCCCCCCCCCCCCCC(=O)CC(O)C1OC(=O)C2=C1OC(C)(c1cccc(O)c1O)O2. The molecule has 0 amide bonds. The zero-order valence-electron chi connectivity index (χ0n) is 22.9. The van der Waals surface area contributed by atoms with Gasteiger partial charge in [0.2, 0.25) is 0 Å². The van der Waals surface area contributed by atoms with Crippen molar-refractivity contribution in [1.29, 1.82) is 0 Å². The summed E-state index contributed by atoms with van der Waals surface area (Å²) >= 11 is 0. The molecule has 0 radical (unpaired) electrons. The molecule has 0 bridgehead atoms. The minimum atomic E-state index is -1.59. The Labute approximate surface area is 226 Å². The summed E-state index contributed by atoms with van der Waals surface area (Å²) in [5, 5.41) is 30.7. The number of aliphatic hydroxyl groups excluding tert-OH is 1. The van der Waals surface area contributed by atoms with Gasteiger partial charge in [0.1, 0.15) is 11.9 Å². The number of hydrogen-bond donors (Lipinski definition) is 3. The fourth-order valence-corrected chi connectivity index (χ4v) is 5.12. The Hall–Kier alpha value is -2.74. The minimum Gasteiger partial charge on any atom is -0.504 e. The fourth-order valence-electron chi connectivity index (χ4n) is 5.12. The summed E-state index contributed by atoms with van der Waals surface area (Å²) in [6, 6.07) is 4.31. The van der Waals surface area contributed by atoms with Gasteiger partial charge in [-0.05, 0) is 18.6 Å². The lowest BCUT2D eigenvalue weighted by atomic mass is 10.0. The number of Topliss-reactive ketones (excluding diaryl/α,β-unsaturated/α-hetero) is 1. The van der Waals surface area contributed by atoms with Crippen molar-refractivity contribution in [3.63, 3.8) is 0 Å². The molecule has 0 aliphatic carbocycles.